The molecule has 1 aromatic carbocycles. The largest absolute Gasteiger partial charge is 0.192 e. The van der Waals surface area contributed by atoms with E-state index in [1.165, 1.54) is 0 Å². The summed E-state index contributed by atoms with van der Waals surface area (Å²) >= 11 is 16.6. The van der Waals surface area contributed by atoms with Crippen molar-refractivity contribution in [2.75, 3.05) is 0 Å². The number of rotatable bonds is 4. The van der Waals surface area contributed by atoms with Crippen molar-refractivity contribution < 1.29 is 0 Å². The normalized spacial score (nSPS) is 9.67. The van der Waals surface area contributed by atoms with Crippen LogP contribution in [0.5, 0.6) is 0 Å². The Labute approximate surface area is 105 Å². The molecule has 0 aliphatic carbocycles. The first-order valence-corrected chi connectivity index (χ1v) is 5.73. The standard InChI is InChI=1S/C11H9Cl2NS/c12-10-5-8(3-1-2-4-15)6-11(13)9(10)7-14/h4-6H,1-3H2. The van der Waals surface area contributed by atoms with Gasteiger partial charge in [-0.15, -0.1) is 0 Å². The minimum absolute atomic E-state index is 0.344. The van der Waals surface area contributed by atoms with Crippen molar-refractivity contribution in [3.05, 3.63) is 33.3 Å². The number of unbranched alkanes of at least 4 members (excludes halogenated alkanes) is 1. The average Bonchev–Trinajstić information content (AvgIpc) is 2.18. The fourth-order valence-electron chi connectivity index (χ4n) is 1.27. The van der Waals surface area contributed by atoms with E-state index >= 15 is 0 Å². The van der Waals surface area contributed by atoms with Crippen LogP contribution in [0.25, 0.3) is 0 Å². The van der Waals surface area contributed by atoms with E-state index < -0.39 is 0 Å². The molecule has 0 radical (unpaired) electrons. The van der Waals surface area contributed by atoms with Crippen LogP contribution >= 0.6 is 35.4 Å². The van der Waals surface area contributed by atoms with Crippen molar-refractivity contribution in [2.45, 2.75) is 19.3 Å². The smallest absolute Gasteiger partial charge is 0.102 e. The number of thiocarbonyl (C=S) groups is 1. The monoisotopic (exact) mass is 257 g/mol. The van der Waals surface area contributed by atoms with E-state index in [0.717, 1.165) is 24.8 Å². The molecule has 0 saturated carbocycles. The summed E-state index contributed by atoms with van der Waals surface area (Å²) in [4.78, 5) is 0. The van der Waals surface area contributed by atoms with Gasteiger partial charge in [0, 0.05) is 0 Å². The van der Waals surface area contributed by atoms with Crippen LogP contribution in [0.3, 0.4) is 0 Å². The first-order valence-electron chi connectivity index (χ1n) is 4.50. The fraction of sp³-hybridized carbons (Fsp3) is 0.273. The lowest BCUT2D eigenvalue weighted by Crippen LogP contribution is -1.89. The van der Waals surface area contributed by atoms with Crippen molar-refractivity contribution >= 4 is 40.8 Å². The van der Waals surface area contributed by atoms with Gasteiger partial charge in [-0.1, -0.05) is 35.4 Å². The van der Waals surface area contributed by atoms with Crippen molar-refractivity contribution in [2.24, 2.45) is 0 Å². The van der Waals surface area contributed by atoms with Gasteiger partial charge in [-0.2, -0.15) is 5.26 Å². The molecule has 0 bridgehead atoms. The molecule has 0 unspecified atom stereocenters. The van der Waals surface area contributed by atoms with Crippen LogP contribution < -0.4 is 0 Å². The third kappa shape index (κ3) is 3.46. The quantitative estimate of drug-likeness (QED) is 0.597. The van der Waals surface area contributed by atoms with Crippen molar-refractivity contribution in [3.63, 3.8) is 0 Å². The number of nitriles is 1. The van der Waals surface area contributed by atoms with Crippen LogP contribution in [-0.2, 0) is 6.42 Å². The van der Waals surface area contributed by atoms with E-state index in [1.54, 1.807) is 17.5 Å². The van der Waals surface area contributed by atoms with Crippen LogP contribution in [0.1, 0.15) is 24.0 Å². The summed E-state index contributed by atoms with van der Waals surface area (Å²) < 4.78 is 0. The lowest BCUT2D eigenvalue weighted by molar-refractivity contribution is 0.878. The highest BCUT2D eigenvalue weighted by Gasteiger charge is 2.07. The highest BCUT2D eigenvalue weighted by atomic mass is 35.5. The van der Waals surface area contributed by atoms with Crippen LogP contribution in [-0.4, -0.2) is 5.37 Å². The highest BCUT2D eigenvalue weighted by Crippen LogP contribution is 2.26. The second kappa shape index (κ2) is 6.07. The van der Waals surface area contributed by atoms with Gasteiger partial charge in [0.25, 0.3) is 0 Å². The molecule has 78 valence electrons. The van der Waals surface area contributed by atoms with Gasteiger partial charge in [0.2, 0.25) is 0 Å². The maximum absolute atomic E-state index is 8.77. The Balaban J connectivity index is 2.85. The molecule has 4 heteroatoms. The molecular weight excluding hydrogens is 249 g/mol. The van der Waals surface area contributed by atoms with Crippen LogP contribution in [0.2, 0.25) is 10.0 Å². The van der Waals surface area contributed by atoms with Gasteiger partial charge < -0.3 is 0 Å². The third-order valence-corrected chi connectivity index (χ3v) is 2.83. The third-order valence-electron chi connectivity index (χ3n) is 2.00. The van der Waals surface area contributed by atoms with Crippen molar-refractivity contribution in [1.82, 2.24) is 0 Å². The molecule has 0 aliphatic heterocycles. The van der Waals surface area contributed by atoms with Crippen LogP contribution in [0, 0.1) is 11.3 Å². The summed E-state index contributed by atoms with van der Waals surface area (Å²) in [5.74, 6) is 0. The van der Waals surface area contributed by atoms with E-state index in [1.807, 2.05) is 6.07 Å². The van der Waals surface area contributed by atoms with Gasteiger partial charge in [0.05, 0.1) is 15.6 Å². The zero-order chi connectivity index (χ0) is 11.3. The minimum atomic E-state index is 0.344. The molecule has 0 saturated heterocycles. The molecule has 0 fully saturated rings. The first-order chi connectivity index (χ1) is 7.19. The second-order valence-corrected chi connectivity index (χ2v) is 4.25. The lowest BCUT2D eigenvalue weighted by atomic mass is 10.1. The maximum Gasteiger partial charge on any atom is 0.102 e. The second-order valence-electron chi connectivity index (χ2n) is 3.11. The molecule has 1 nitrogen and oxygen atoms in total. The summed E-state index contributed by atoms with van der Waals surface area (Å²) in [6.45, 7) is 0. The summed E-state index contributed by atoms with van der Waals surface area (Å²) in [5.41, 5.74) is 1.39. The molecule has 0 heterocycles. The minimum Gasteiger partial charge on any atom is -0.192 e. The van der Waals surface area contributed by atoms with Gasteiger partial charge in [-0.3, -0.25) is 0 Å². The summed E-state index contributed by atoms with van der Waals surface area (Å²) in [5, 5.41) is 11.3. The Morgan fingerprint density at radius 3 is 2.40 bits per heavy atom. The average molecular weight is 258 g/mol. The molecule has 1 aromatic rings. The molecule has 0 aliphatic rings. The van der Waals surface area contributed by atoms with Crippen molar-refractivity contribution in [1.29, 1.82) is 5.26 Å². The van der Waals surface area contributed by atoms with E-state index in [-0.39, 0.29) is 0 Å². The molecule has 0 amide bonds. The van der Waals surface area contributed by atoms with Gasteiger partial charge in [-0.05, 0) is 42.3 Å². The van der Waals surface area contributed by atoms with E-state index in [4.69, 9.17) is 40.7 Å². The Hall–Kier alpha value is -0.620. The molecule has 0 N–H and O–H groups in total. The summed E-state index contributed by atoms with van der Waals surface area (Å²) in [6, 6.07) is 5.55. The van der Waals surface area contributed by atoms with Gasteiger partial charge in [0.1, 0.15) is 6.07 Å². The fourth-order valence-corrected chi connectivity index (χ4v) is 2.05. The van der Waals surface area contributed by atoms with E-state index in [9.17, 15) is 0 Å². The molecular formula is C11H9Cl2NS. The lowest BCUT2D eigenvalue weighted by Gasteiger charge is -2.04. The number of hydrogen-bond acceptors (Lipinski definition) is 2. The van der Waals surface area contributed by atoms with E-state index in [2.05, 4.69) is 0 Å². The zero-order valence-electron chi connectivity index (χ0n) is 7.96. The van der Waals surface area contributed by atoms with Gasteiger partial charge >= 0.3 is 0 Å². The van der Waals surface area contributed by atoms with Gasteiger partial charge in [-0.25, -0.2) is 0 Å². The number of halogens is 2. The van der Waals surface area contributed by atoms with E-state index in [0.29, 0.717) is 15.6 Å². The topological polar surface area (TPSA) is 23.8 Å². The number of hydrogen-bond donors (Lipinski definition) is 0. The Morgan fingerprint density at radius 1 is 1.33 bits per heavy atom. The Bertz CT molecular complexity index is 387. The molecule has 0 aromatic heterocycles. The first kappa shape index (κ1) is 12.4. The van der Waals surface area contributed by atoms with Gasteiger partial charge in [0.15, 0.2) is 0 Å². The van der Waals surface area contributed by atoms with Crippen LogP contribution in [0.15, 0.2) is 12.1 Å². The predicted molar refractivity (Wildman–Crippen MR) is 67.8 cm³/mol. The zero-order valence-corrected chi connectivity index (χ0v) is 10.3. The number of aryl methyl sites for hydroxylation is 1. The molecule has 1 rings (SSSR count). The van der Waals surface area contributed by atoms with Crippen LogP contribution in [0.4, 0.5) is 0 Å². The molecule has 0 spiro atoms. The molecule has 0 atom stereocenters. The maximum atomic E-state index is 8.77. The van der Waals surface area contributed by atoms with Crippen molar-refractivity contribution in [3.8, 4) is 6.07 Å². The SMILES string of the molecule is N#Cc1c(Cl)cc(CCCC=S)cc1Cl. The summed E-state index contributed by atoms with van der Waals surface area (Å²) in [7, 11) is 0. The highest BCUT2D eigenvalue weighted by molar-refractivity contribution is 7.78. The number of nitrogens with zero attached hydrogens (tertiary/aromatic N) is 1. The molecule has 15 heavy (non-hydrogen) atoms. The Kier molecular flexibility index (Phi) is 5.04. The Morgan fingerprint density at radius 2 is 1.93 bits per heavy atom. The summed E-state index contributed by atoms with van der Waals surface area (Å²) in [6.07, 6.45) is 2.74. The predicted octanol–water partition coefficient (Wildman–Crippen LogP) is 4.19. The number of benzene rings is 1.